The molecule has 0 amide bonds. The number of hydrogen-bond acceptors (Lipinski definition) is 0. The van der Waals surface area contributed by atoms with E-state index in [-0.39, 0.29) is 0 Å². The van der Waals surface area contributed by atoms with Gasteiger partial charge in [-0.2, -0.15) is 0 Å². The molecule has 0 fully saturated rings. The number of allylic oxidation sites excluding steroid dienone is 3. The molecule has 0 N–H and O–H groups in total. The molecule has 0 radical (unpaired) electrons. The van der Waals surface area contributed by atoms with Crippen LogP contribution in [0, 0.1) is 6.92 Å². The van der Waals surface area contributed by atoms with E-state index in [9.17, 15) is 0 Å². The first-order chi connectivity index (χ1) is 7.52. The number of aryl methyl sites for hydroxylation is 1. The minimum Gasteiger partial charge on any atom is -0.0958 e. The zero-order valence-electron chi connectivity index (χ0n) is 11.5. The third-order valence-electron chi connectivity index (χ3n) is 2.69. The van der Waals surface area contributed by atoms with Crippen LogP contribution in [0.1, 0.15) is 45.7 Å². The number of rotatable bonds is 2. The lowest BCUT2D eigenvalue weighted by atomic mass is 9.98. The minimum atomic E-state index is 1.14. The fourth-order valence-electron chi connectivity index (χ4n) is 1.34. The van der Waals surface area contributed by atoms with Crippen LogP contribution >= 0.6 is 0 Å². The Morgan fingerprint density at radius 1 is 0.938 bits per heavy atom. The Balaban J connectivity index is 0.00000106. The summed E-state index contributed by atoms with van der Waals surface area (Å²) in [6.07, 6.45) is 0. The first kappa shape index (κ1) is 14.7. The van der Waals surface area contributed by atoms with Gasteiger partial charge in [0.15, 0.2) is 0 Å². The highest BCUT2D eigenvalue weighted by molar-refractivity contribution is 5.69. The lowest BCUT2D eigenvalue weighted by Gasteiger charge is -2.08. The van der Waals surface area contributed by atoms with Gasteiger partial charge in [-0.15, -0.1) is 0 Å². The Morgan fingerprint density at radius 3 is 1.75 bits per heavy atom. The summed E-state index contributed by atoms with van der Waals surface area (Å²) in [6, 6.07) is 8.61. The van der Waals surface area contributed by atoms with E-state index < -0.39 is 0 Å². The van der Waals surface area contributed by atoms with Gasteiger partial charge >= 0.3 is 0 Å². The standard InChI is InChI=1S/C14H18.C2H6/c1-10(2)12(4)13(5)14-8-6-11(3)7-9-14;1-2/h6-9H,1H2,2-5H3;1-2H3/b13-12-;. The molecule has 0 aliphatic rings. The molecule has 0 bridgehead atoms. The van der Waals surface area contributed by atoms with Gasteiger partial charge in [0, 0.05) is 0 Å². The average molecular weight is 216 g/mol. The molecule has 0 aliphatic heterocycles. The Bertz CT molecular complexity index is 364. The van der Waals surface area contributed by atoms with Crippen molar-refractivity contribution in [1.82, 2.24) is 0 Å². The van der Waals surface area contributed by atoms with Crippen molar-refractivity contribution in [1.29, 1.82) is 0 Å². The largest absolute Gasteiger partial charge is 0.0958 e. The maximum atomic E-state index is 3.96. The predicted octanol–water partition coefficient (Wildman–Crippen LogP) is 5.39. The molecule has 16 heavy (non-hydrogen) atoms. The summed E-state index contributed by atoms with van der Waals surface area (Å²) in [5.74, 6) is 0. The molecule has 1 rings (SSSR count). The molecular formula is C16H24. The van der Waals surface area contributed by atoms with E-state index in [2.05, 4.69) is 51.6 Å². The summed E-state index contributed by atoms with van der Waals surface area (Å²) in [5, 5.41) is 0. The second-order valence-corrected chi connectivity index (χ2v) is 3.90. The summed E-state index contributed by atoms with van der Waals surface area (Å²) in [7, 11) is 0. The number of hydrogen-bond donors (Lipinski definition) is 0. The van der Waals surface area contributed by atoms with Crippen molar-refractivity contribution in [2.24, 2.45) is 0 Å². The quantitative estimate of drug-likeness (QED) is 0.581. The third kappa shape index (κ3) is 4.06. The normalized spacial score (nSPS) is 11.1. The second kappa shape index (κ2) is 7.05. The van der Waals surface area contributed by atoms with Crippen LogP contribution in [0.3, 0.4) is 0 Å². The van der Waals surface area contributed by atoms with Gasteiger partial charge in [-0.1, -0.05) is 55.8 Å². The van der Waals surface area contributed by atoms with E-state index in [4.69, 9.17) is 0 Å². The Hall–Kier alpha value is -1.30. The van der Waals surface area contributed by atoms with Crippen molar-refractivity contribution in [3.63, 3.8) is 0 Å². The van der Waals surface area contributed by atoms with E-state index in [0.717, 1.165) is 5.57 Å². The van der Waals surface area contributed by atoms with Crippen LogP contribution in [-0.2, 0) is 0 Å². The smallest absolute Gasteiger partial charge is 0.0224 e. The van der Waals surface area contributed by atoms with Gasteiger partial charge in [0.2, 0.25) is 0 Å². The van der Waals surface area contributed by atoms with Crippen LogP contribution < -0.4 is 0 Å². The van der Waals surface area contributed by atoms with Gasteiger partial charge < -0.3 is 0 Å². The van der Waals surface area contributed by atoms with E-state index in [1.54, 1.807) is 0 Å². The van der Waals surface area contributed by atoms with Gasteiger partial charge in [0.25, 0.3) is 0 Å². The zero-order chi connectivity index (χ0) is 12.7. The molecule has 0 heteroatoms. The molecular weight excluding hydrogens is 192 g/mol. The summed E-state index contributed by atoms with van der Waals surface area (Å²) in [5.41, 5.74) is 6.33. The molecule has 0 unspecified atom stereocenters. The Morgan fingerprint density at radius 2 is 1.38 bits per heavy atom. The molecule has 0 spiro atoms. The van der Waals surface area contributed by atoms with Crippen LogP contribution in [0.2, 0.25) is 0 Å². The minimum absolute atomic E-state index is 1.14. The topological polar surface area (TPSA) is 0 Å². The first-order valence-corrected chi connectivity index (χ1v) is 5.92. The molecule has 1 aromatic rings. The molecule has 0 heterocycles. The maximum absolute atomic E-state index is 3.96. The van der Waals surface area contributed by atoms with Crippen LogP contribution in [0.15, 0.2) is 42.0 Å². The maximum Gasteiger partial charge on any atom is -0.0224 e. The van der Waals surface area contributed by atoms with Crippen LogP contribution in [0.25, 0.3) is 5.57 Å². The van der Waals surface area contributed by atoms with Crippen molar-refractivity contribution in [3.8, 4) is 0 Å². The predicted molar refractivity (Wildman–Crippen MR) is 75.6 cm³/mol. The molecule has 0 saturated carbocycles. The van der Waals surface area contributed by atoms with Crippen LogP contribution in [0.4, 0.5) is 0 Å². The van der Waals surface area contributed by atoms with Gasteiger partial charge in [-0.3, -0.25) is 0 Å². The summed E-state index contributed by atoms with van der Waals surface area (Å²) >= 11 is 0. The summed E-state index contributed by atoms with van der Waals surface area (Å²) in [6.45, 7) is 16.4. The fourth-order valence-corrected chi connectivity index (χ4v) is 1.34. The van der Waals surface area contributed by atoms with E-state index in [1.807, 2.05) is 20.8 Å². The third-order valence-corrected chi connectivity index (χ3v) is 2.69. The van der Waals surface area contributed by atoms with Crippen molar-refractivity contribution < 1.29 is 0 Å². The molecule has 0 atom stereocenters. The van der Waals surface area contributed by atoms with Gasteiger partial charge in [0.1, 0.15) is 0 Å². The highest BCUT2D eigenvalue weighted by Gasteiger charge is 2.00. The monoisotopic (exact) mass is 216 g/mol. The molecule has 0 aliphatic carbocycles. The van der Waals surface area contributed by atoms with Crippen molar-refractivity contribution in [3.05, 3.63) is 53.1 Å². The Labute approximate surface area is 101 Å². The van der Waals surface area contributed by atoms with E-state index >= 15 is 0 Å². The van der Waals surface area contributed by atoms with Crippen LogP contribution in [-0.4, -0.2) is 0 Å². The van der Waals surface area contributed by atoms with Gasteiger partial charge in [-0.05, 0) is 44.4 Å². The van der Waals surface area contributed by atoms with Crippen molar-refractivity contribution in [2.45, 2.75) is 41.5 Å². The Kier molecular flexibility index (Phi) is 6.48. The number of benzene rings is 1. The highest BCUT2D eigenvalue weighted by Crippen LogP contribution is 2.22. The second-order valence-electron chi connectivity index (χ2n) is 3.90. The van der Waals surface area contributed by atoms with Gasteiger partial charge in [0.05, 0.1) is 0 Å². The SMILES string of the molecule is C=C(C)/C(C)=C(/C)c1ccc(C)cc1.CC. The van der Waals surface area contributed by atoms with E-state index in [0.29, 0.717) is 0 Å². The van der Waals surface area contributed by atoms with E-state index in [1.165, 1.54) is 22.3 Å². The van der Waals surface area contributed by atoms with Crippen molar-refractivity contribution in [2.75, 3.05) is 0 Å². The molecule has 88 valence electrons. The molecule has 1 aromatic carbocycles. The summed E-state index contributed by atoms with van der Waals surface area (Å²) in [4.78, 5) is 0. The fraction of sp³-hybridized carbons (Fsp3) is 0.375. The lowest BCUT2D eigenvalue weighted by molar-refractivity contribution is 1.34. The summed E-state index contributed by atoms with van der Waals surface area (Å²) < 4.78 is 0. The van der Waals surface area contributed by atoms with Crippen LogP contribution in [0.5, 0.6) is 0 Å². The highest BCUT2D eigenvalue weighted by atomic mass is 14.1. The molecule has 0 aromatic heterocycles. The average Bonchev–Trinajstić information content (AvgIpc) is 2.30. The molecule has 0 nitrogen and oxygen atoms in total. The van der Waals surface area contributed by atoms with Crippen molar-refractivity contribution >= 4 is 5.57 Å². The first-order valence-electron chi connectivity index (χ1n) is 5.92. The lowest BCUT2D eigenvalue weighted by Crippen LogP contribution is -1.86. The zero-order valence-corrected chi connectivity index (χ0v) is 11.5. The molecule has 0 saturated heterocycles. The van der Waals surface area contributed by atoms with Gasteiger partial charge in [-0.25, -0.2) is 0 Å².